The summed E-state index contributed by atoms with van der Waals surface area (Å²) in [5, 5.41) is 3.22. The van der Waals surface area contributed by atoms with E-state index in [0.717, 1.165) is 11.3 Å². The third-order valence-corrected chi connectivity index (χ3v) is 4.76. The Balaban J connectivity index is 1.81. The van der Waals surface area contributed by atoms with Gasteiger partial charge in [0.2, 0.25) is 12.7 Å². The summed E-state index contributed by atoms with van der Waals surface area (Å²) in [7, 11) is 0. The molecule has 0 spiro atoms. The number of nitrogens with one attached hydrogen (secondary N) is 2. The first-order valence-electron chi connectivity index (χ1n) is 7.62. The number of rotatable bonds is 3. The molecule has 8 heteroatoms. The number of benzene rings is 1. The van der Waals surface area contributed by atoms with Crippen molar-refractivity contribution in [2.75, 3.05) is 17.9 Å². The van der Waals surface area contributed by atoms with E-state index in [-0.39, 0.29) is 30.6 Å². The molecular formula is C16H15N3O4S. The molecule has 7 nitrogen and oxygen atoms in total. The van der Waals surface area contributed by atoms with Crippen molar-refractivity contribution < 1.29 is 14.3 Å². The van der Waals surface area contributed by atoms with Gasteiger partial charge in [-0.25, -0.2) is 4.98 Å². The summed E-state index contributed by atoms with van der Waals surface area (Å²) in [4.78, 5) is 31.8. The van der Waals surface area contributed by atoms with Crippen LogP contribution in [0.5, 0.6) is 11.5 Å². The zero-order valence-corrected chi connectivity index (χ0v) is 13.7. The lowest BCUT2D eigenvalue weighted by Gasteiger charge is -2.24. The number of ether oxygens (including phenoxy) is 2. The van der Waals surface area contributed by atoms with E-state index >= 15 is 0 Å². The Morgan fingerprint density at radius 1 is 1.29 bits per heavy atom. The maximum atomic E-state index is 12.6. The summed E-state index contributed by atoms with van der Waals surface area (Å²) < 4.78 is 10.7. The van der Waals surface area contributed by atoms with Crippen molar-refractivity contribution in [1.29, 1.82) is 0 Å². The van der Waals surface area contributed by atoms with Crippen molar-refractivity contribution in [2.45, 2.75) is 24.4 Å². The minimum absolute atomic E-state index is 0.157. The molecule has 1 aromatic heterocycles. The van der Waals surface area contributed by atoms with Crippen molar-refractivity contribution in [2.24, 2.45) is 0 Å². The molecule has 24 heavy (non-hydrogen) atoms. The third kappa shape index (κ3) is 2.52. The van der Waals surface area contributed by atoms with Gasteiger partial charge in [-0.1, -0.05) is 24.8 Å². The van der Waals surface area contributed by atoms with Crippen LogP contribution in [-0.2, 0) is 4.79 Å². The van der Waals surface area contributed by atoms with Crippen LogP contribution in [0.25, 0.3) is 0 Å². The van der Waals surface area contributed by atoms with Crippen molar-refractivity contribution in [1.82, 2.24) is 9.97 Å². The van der Waals surface area contributed by atoms with Gasteiger partial charge >= 0.3 is 0 Å². The van der Waals surface area contributed by atoms with Crippen molar-refractivity contribution in [3.63, 3.8) is 0 Å². The number of hydrogen-bond acceptors (Lipinski definition) is 6. The lowest BCUT2D eigenvalue weighted by atomic mass is 9.86. The number of H-pyrrole nitrogens is 1. The fourth-order valence-electron chi connectivity index (χ4n) is 2.97. The van der Waals surface area contributed by atoms with Gasteiger partial charge in [0.15, 0.2) is 16.7 Å². The van der Waals surface area contributed by atoms with Gasteiger partial charge in [-0.05, 0) is 23.4 Å². The lowest BCUT2D eigenvalue weighted by Crippen LogP contribution is -2.31. The largest absolute Gasteiger partial charge is 0.454 e. The highest BCUT2D eigenvalue weighted by Gasteiger charge is 2.31. The summed E-state index contributed by atoms with van der Waals surface area (Å²) in [6.45, 7) is 2.15. The standard InChI is InChI=1S/C16H15N3O4S/c1-2-24-16-18-14-13(15(21)19-16)9(6-12(20)17-14)8-3-4-10-11(5-8)23-7-22-10/h3-5,9H,2,6-7H2,1H3,(H2,17,18,19,20,21)/t9-/m0/s1. The number of nitrogens with zero attached hydrogens (tertiary/aromatic N) is 1. The molecule has 3 heterocycles. The van der Waals surface area contributed by atoms with Crippen LogP contribution in [0.2, 0.25) is 0 Å². The van der Waals surface area contributed by atoms with Crippen molar-refractivity contribution >= 4 is 23.5 Å². The summed E-state index contributed by atoms with van der Waals surface area (Å²) in [5.74, 6) is 1.90. The van der Waals surface area contributed by atoms with E-state index in [9.17, 15) is 9.59 Å². The molecule has 2 aromatic rings. The van der Waals surface area contributed by atoms with Gasteiger partial charge < -0.3 is 19.8 Å². The van der Waals surface area contributed by atoms with Gasteiger partial charge in [-0.3, -0.25) is 9.59 Å². The zero-order valence-electron chi connectivity index (χ0n) is 12.9. The van der Waals surface area contributed by atoms with Gasteiger partial charge in [0.25, 0.3) is 5.56 Å². The molecule has 0 saturated carbocycles. The van der Waals surface area contributed by atoms with Crippen LogP contribution in [-0.4, -0.2) is 28.4 Å². The van der Waals surface area contributed by atoms with Crippen LogP contribution in [0, 0.1) is 0 Å². The number of carbonyl (C=O) groups is 1. The van der Waals surface area contributed by atoms with Gasteiger partial charge in [-0.15, -0.1) is 0 Å². The van der Waals surface area contributed by atoms with E-state index in [1.165, 1.54) is 11.8 Å². The van der Waals surface area contributed by atoms with Crippen LogP contribution >= 0.6 is 11.8 Å². The predicted molar refractivity (Wildman–Crippen MR) is 88.9 cm³/mol. The highest BCUT2D eigenvalue weighted by atomic mass is 32.2. The van der Waals surface area contributed by atoms with Crippen molar-refractivity contribution in [3.8, 4) is 11.5 Å². The molecule has 0 bridgehead atoms. The Morgan fingerprint density at radius 2 is 2.12 bits per heavy atom. The molecule has 0 aliphatic carbocycles. The fourth-order valence-corrected chi connectivity index (χ4v) is 3.56. The first-order valence-corrected chi connectivity index (χ1v) is 8.60. The number of amides is 1. The molecular weight excluding hydrogens is 330 g/mol. The van der Waals surface area contributed by atoms with E-state index in [0.29, 0.717) is 28.0 Å². The Kier molecular flexibility index (Phi) is 3.68. The molecule has 1 aromatic carbocycles. The van der Waals surface area contributed by atoms with Gasteiger partial charge in [0.1, 0.15) is 5.82 Å². The number of aromatic amines is 1. The number of carbonyl (C=O) groups excluding carboxylic acids is 1. The minimum Gasteiger partial charge on any atom is -0.454 e. The van der Waals surface area contributed by atoms with E-state index in [1.54, 1.807) is 6.07 Å². The lowest BCUT2D eigenvalue weighted by molar-refractivity contribution is -0.116. The van der Waals surface area contributed by atoms with Crippen LogP contribution in [0.4, 0.5) is 5.82 Å². The highest BCUT2D eigenvalue weighted by Crippen LogP contribution is 2.39. The molecule has 2 N–H and O–H groups in total. The second-order valence-corrected chi connectivity index (χ2v) is 6.74. The number of thioether (sulfide) groups is 1. The smallest absolute Gasteiger partial charge is 0.257 e. The van der Waals surface area contributed by atoms with Gasteiger partial charge in [0, 0.05) is 12.3 Å². The van der Waals surface area contributed by atoms with Crippen LogP contribution in [0.1, 0.15) is 30.4 Å². The van der Waals surface area contributed by atoms with Crippen LogP contribution in [0.15, 0.2) is 28.2 Å². The number of hydrogen-bond donors (Lipinski definition) is 2. The summed E-state index contributed by atoms with van der Waals surface area (Å²) in [6, 6.07) is 5.48. The highest BCUT2D eigenvalue weighted by molar-refractivity contribution is 7.99. The summed E-state index contributed by atoms with van der Waals surface area (Å²) >= 11 is 1.42. The zero-order chi connectivity index (χ0) is 16.7. The monoisotopic (exact) mass is 345 g/mol. The topological polar surface area (TPSA) is 93.3 Å². The Bertz CT molecular complexity index is 880. The first kappa shape index (κ1) is 15.1. The molecule has 124 valence electrons. The third-order valence-electron chi connectivity index (χ3n) is 4.01. The van der Waals surface area contributed by atoms with E-state index in [1.807, 2.05) is 19.1 Å². The molecule has 2 aliphatic heterocycles. The normalized spacial score (nSPS) is 18.2. The van der Waals surface area contributed by atoms with Gasteiger partial charge in [-0.2, -0.15) is 0 Å². The molecule has 0 unspecified atom stereocenters. The average Bonchev–Trinajstić information content (AvgIpc) is 3.01. The Labute approximate surface area is 141 Å². The number of fused-ring (bicyclic) bond motifs is 2. The quantitative estimate of drug-likeness (QED) is 0.653. The number of aromatic nitrogens is 2. The molecule has 0 saturated heterocycles. The summed E-state index contributed by atoms with van der Waals surface area (Å²) in [6.07, 6.45) is 0.192. The maximum absolute atomic E-state index is 12.6. The summed E-state index contributed by atoms with van der Waals surface area (Å²) in [5.41, 5.74) is 1.09. The van der Waals surface area contributed by atoms with Crippen molar-refractivity contribution in [3.05, 3.63) is 39.7 Å². The van der Waals surface area contributed by atoms with E-state index < -0.39 is 0 Å². The van der Waals surface area contributed by atoms with E-state index in [2.05, 4.69) is 15.3 Å². The first-order chi connectivity index (χ1) is 11.7. The maximum Gasteiger partial charge on any atom is 0.257 e. The molecule has 2 aliphatic rings. The van der Waals surface area contributed by atoms with Crippen LogP contribution < -0.4 is 20.3 Å². The molecule has 0 fully saturated rings. The van der Waals surface area contributed by atoms with Gasteiger partial charge in [0.05, 0.1) is 5.56 Å². The Morgan fingerprint density at radius 3 is 2.96 bits per heavy atom. The minimum atomic E-state index is -0.361. The Hall–Kier alpha value is -2.48. The molecule has 1 amide bonds. The molecule has 0 radical (unpaired) electrons. The fraction of sp³-hybridized carbons (Fsp3) is 0.312. The molecule has 1 atom stereocenters. The average molecular weight is 345 g/mol. The number of anilines is 1. The molecule has 4 rings (SSSR count). The SMILES string of the molecule is CCSc1nc2c(c(=O)[nH]1)[C@H](c1ccc3c(c1)OCO3)CC(=O)N2. The van der Waals surface area contributed by atoms with Crippen LogP contribution in [0.3, 0.4) is 0 Å². The van der Waals surface area contributed by atoms with E-state index in [4.69, 9.17) is 9.47 Å². The predicted octanol–water partition coefficient (Wildman–Crippen LogP) is 2.08. The second kappa shape index (κ2) is 5.86. The second-order valence-electron chi connectivity index (χ2n) is 5.48.